The summed E-state index contributed by atoms with van der Waals surface area (Å²) < 4.78 is 5.23. The number of amides is 1. The van der Waals surface area contributed by atoms with Gasteiger partial charge in [0.2, 0.25) is 5.91 Å². The molecule has 0 aliphatic rings. The Morgan fingerprint density at radius 2 is 1.82 bits per heavy atom. The summed E-state index contributed by atoms with van der Waals surface area (Å²) in [5.41, 5.74) is 3.19. The SMILES string of the molecule is C=CCN(CC=C)CC(=O)Nc1scc(-c2ccc(C)cc2)c1C(=O)OCC. The van der Waals surface area contributed by atoms with Crippen molar-refractivity contribution < 1.29 is 14.3 Å². The summed E-state index contributed by atoms with van der Waals surface area (Å²) in [5.74, 6) is -0.643. The number of ether oxygens (including phenoxy) is 1. The van der Waals surface area contributed by atoms with E-state index < -0.39 is 5.97 Å². The number of anilines is 1. The summed E-state index contributed by atoms with van der Waals surface area (Å²) in [5, 5.41) is 5.24. The van der Waals surface area contributed by atoms with E-state index in [1.807, 2.05) is 41.5 Å². The lowest BCUT2D eigenvalue weighted by Gasteiger charge is -2.18. The zero-order chi connectivity index (χ0) is 20.5. The predicted molar refractivity (Wildman–Crippen MR) is 116 cm³/mol. The van der Waals surface area contributed by atoms with Gasteiger partial charge in [-0.05, 0) is 19.4 Å². The number of nitrogens with zero attached hydrogens (tertiary/aromatic N) is 1. The molecule has 0 saturated heterocycles. The Labute approximate surface area is 170 Å². The largest absolute Gasteiger partial charge is 0.462 e. The van der Waals surface area contributed by atoms with Crippen molar-refractivity contribution in [3.63, 3.8) is 0 Å². The van der Waals surface area contributed by atoms with Crippen LogP contribution in [0.4, 0.5) is 5.00 Å². The number of benzene rings is 1. The second-order valence-corrected chi connectivity index (χ2v) is 7.14. The van der Waals surface area contributed by atoms with Crippen molar-refractivity contribution in [1.29, 1.82) is 0 Å². The van der Waals surface area contributed by atoms with E-state index in [-0.39, 0.29) is 19.1 Å². The molecule has 0 unspecified atom stereocenters. The molecule has 2 aromatic rings. The van der Waals surface area contributed by atoms with Crippen LogP contribution >= 0.6 is 11.3 Å². The van der Waals surface area contributed by atoms with E-state index in [1.165, 1.54) is 11.3 Å². The fourth-order valence-corrected chi connectivity index (χ4v) is 3.71. The molecular weight excluding hydrogens is 372 g/mol. The molecule has 1 amide bonds. The quantitative estimate of drug-likeness (QED) is 0.472. The number of carbonyl (C=O) groups excluding carboxylic acids is 2. The highest BCUT2D eigenvalue weighted by Gasteiger charge is 2.23. The Hall–Kier alpha value is -2.70. The lowest BCUT2D eigenvalue weighted by atomic mass is 10.0. The van der Waals surface area contributed by atoms with Gasteiger partial charge in [0.25, 0.3) is 0 Å². The maximum atomic E-state index is 12.6. The molecule has 0 atom stereocenters. The second-order valence-electron chi connectivity index (χ2n) is 6.26. The third kappa shape index (κ3) is 5.65. The maximum Gasteiger partial charge on any atom is 0.341 e. The second kappa shape index (κ2) is 10.6. The Balaban J connectivity index is 2.29. The number of hydrogen-bond acceptors (Lipinski definition) is 5. The average molecular weight is 399 g/mol. The fraction of sp³-hybridized carbons (Fsp3) is 0.273. The van der Waals surface area contributed by atoms with E-state index in [1.54, 1.807) is 19.1 Å². The molecule has 5 nitrogen and oxygen atoms in total. The van der Waals surface area contributed by atoms with Crippen molar-refractivity contribution in [2.24, 2.45) is 0 Å². The molecule has 0 radical (unpaired) electrons. The van der Waals surface area contributed by atoms with E-state index in [0.29, 0.717) is 23.7 Å². The van der Waals surface area contributed by atoms with E-state index >= 15 is 0 Å². The number of thiophene rings is 1. The number of carbonyl (C=O) groups is 2. The zero-order valence-electron chi connectivity index (χ0n) is 16.4. The Kier molecular flexibility index (Phi) is 8.17. The van der Waals surface area contributed by atoms with Crippen LogP contribution in [0.25, 0.3) is 11.1 Å². The number of esters is 1. The number of nitrogens with one attached hydrogen (secondary N) is 1. The first-order chi connectivity index (χ1) is 13.5. The first-order valence-electron chi connectivity index (χ1n) is 9.09. The standard InChI is InChI=1S/C22H26N2O3S/c1-5-12-24(13-6-2)14-19(25)23-21-20(22(26)27-7-3)18(15-28-21)17-10-8-16(4)9-11-17/h5-6,8-11,15H,1-2,7,12-14H2,3-4H3,(H,23,25). The number of hydrogen-bond donors (Lipinski definition) is 1. The van der Waals surface area contributed by atoms with E-state index in [0.717, 1.165) is 16.7 Å². The van der Waals surface area contributed by atoms with Crippen LogP contribution in [-0.4, -0.2) is 43.0 Å². The minimum Gasteiger partial charge on any atom is -0.462 e. The normalized spacial score (nSPS) is 10.5. The smallest absolute Gasteiger partial charge is 0.341 e. The van der Waals surface area contributed by atoms with Crippen LogP contribution in [0.15, 0.2) is 55.0 Å². The van der Waals surface area contributed by atoms with Gasteiger partial charge in [0.1, 0.15) is 10.6 Å². The van der Waals surface area contributed by atoms with Crippen LogP contribution in [0.3, 0.4) is 0 Å². The van der Waals surface area contributed by atoms with Gasteiger partial charge in [-0.1, -0.05) is 42.0 Å². The summed E-state index contributed by atoms with van der Waals surface area (Å²) in [6, 6.07) is 7.90. The first kappa shape index (κ1) is 21.6. The molecule has 0 spiro atoms. The lowest BCUT2D eigenvalue weighted by Crippen LogP contribution is -2.33. The number of aryl methyl sites for hydroxylation is 1. The fourth-order valence-electron chi connectivity index (χ4n) is 2.74. The highest BCUT2D eigenvalue weighted by atomic mass is 32.1. The van der Waals surface area contributed by atoms with Crippen molar-refractivity contribution in [3.8, 4) is 11.1 Å². The van der Waals surface area contributed by atoms with Crippen LogP contribution in [0.1, 0.15) is 22.8 Å². The molecule has 0 bridgehead atoms. The van der Waals surface area contributed by atoms with Gasteiger partial charge < -0.3 is 10.1 Å². The molecule has 0 aliphatic carbocycles. The van der Waals surface area contributed by atoms with Gasteiger partial charge in [-0.15, -0.1) is 24.5 Å². The highest BCUT2D eigenvalue weighted by molar-refractivity contribution is 7.15. The van der Waals surface area contributed by atoms with E-state index in [4.69, 9.17) is 4.74 Å². The van der Waals surface area contributed by atoms with Crippen LogP contribution in [0.2, 0.25) is 0 Å². The first-order valence-corrected chi connectivity index (χ1v) is 9.97. The van der Waals surface area contributed by atoms with Crippen LogP contribution in [0.5, 0.6) is 0 Å². The van der Waals surface area contributed by atoms with Crippen LogP contribution in [-0.2, 0) is 9.53 Å². The molecule has 0 aliphatic heterocycles. The van der Waals surface area contributed by atoms with Crippen molar-refractivity contribution >= 4 is 28.2 Å². The predicted octanol–water partition coefficient (Wildman–Crippen LogP) is 4.51. The summed E-state index contributed by atoms with van der Waals surface area (Å²) in [6.45, 7) is 12.8. The van der Waals surface area contributed by atoms with Gasteiger partial charge in [-0.3, -0.25) is 9.69 Å². The van der Waals surface area contributed by atoms with E-state index in [9.17, 15) is 9.59 Å². The molecule has 1 N–H and O–H groups in total. The third-order valence-electron chi connectivity index (χ3n) is 4.03. The van der Waals surface area contributed by atoms with Crippen LogP contribution in [0, 0.1) is 6.92 Å². The summed E-state index contributed by atoms with van der Waals surface area (Å²) in [4.78, 5) is 27.0. The Bertz CT molecular complexity index is 830. The molecule has 0 fully saturated rings. The Morgan fingerprint density at radius 1 is 1.18 bits per heavy atom. The van der Waals surface area contributed by atoms with E-state index in [2.05, 4.69) is 18.5 Å². The average Bonchev–Trinajstić information content (AvgIpc) is 3.06. The van der Waals surface area contributed by atoms with Crippen molar-refractivity contribution in [1.82, 2.24) is 4.90 Å². The molecule has 1 aromatic heterocycles. The topological polar surface area (TPSA) is 58.6 Å². The summed E-state index contributed by atoms with van der Waals surface area (Å²) in [6.07, 6.45) is 3.48. The third-order valence-corrected chi connectivity index (χ3v) is 4.92. The lowest BCUT2D eigenvalue weighted by molar-refractivity contribution is -0.117. The van der Waals surface area contributed by atoms with Gasteiger partial charge in [0.05, 0.1) is 13.2 Å². The zero-order valence-corrected chi connectivity index (χ0v) is 17.2. The van der Waals surface area contributed by atoms with Gasteiger partial charge in [-0.25, -0.2) is 4.79 Å². The van der Waals surface area contributed by atoms with Crippen molar-refractivity contribution in [3.05, 3.63) is 66.1 Å². The molecule has 6 heteroatoms. The minimum absolute atomic E-state index is 0.179. The summed E-state index contributed by atoms with van der Waals surface area (Å²) in [7, 11) is 0. The van der Waals surface area contributed by atoms with Crippen molar-refractivity contribution in [2.45, 2.75) is 13.8 Å². The summed E-state index contributed by atoms with van der Waals surface area (Å²) >= 11 is 1.32. The molecule has 0 saturated carbocycles. The Morgan fingerprint density at radius 3 is 2.39 bits per heavy atom. The van der Waals surface area contributed by atoms with Gasteiger partial charge in [0, 0.05) is 24.0 Å². The highest BCUT2D eigenvalue weighted by Crippen LogP contribution is 2.36. The molecule has 28 heavy (non-hydrogen) atoms. The van der Waals surface area contributed by atoms with Gasteiger partial charge in [0.15, 0.2) is 0 Å². The molecule has 1 aromatic carbocycles. The maximum absolute atomic E-state index is 12.6. The number of rotatable bonds is 10. The molecule has 148 valence electrons. The van der Waals surface area contributed by atoms with Crippen LogP contribution < -0.4 is 5.32 Å². The minimum atomic E-state index is -0.441. The molecular formula is C22H26N2O3S. The molecule has 2 rings (SSSR count). The van der Waals surface area contributed by atoms with Crippen molar-refractivity contribution in [2.75, 3.05) is 31.6 Å². The monoisotopic (exact) mass is 398 g/mol. The molecule has 1 heterocycles. The van der Waals surface area contributed by atoms with Gasteiger partial charge >= 0.3 is 5.97 Å². The van der Waals surface area contributed by atoms with Gasteiger partial charge in [-0.2, -0.15) is 0 Å².